The van der Waals surface area contributed by atoms with Crippen LogP contribution in [-0.4, -0.2) is 31.7 Å². The molecule has 0 atom stereocenters. The van der Waals surface area contributed by atoms with Gasteiger partial charge in [-0.1, -0.05) is 12.2 Å². The summed E-state index contributed by atoms with van der Waals surface area (Å²) >= 11 is 4.71. The number of nitrogens with zero attached hydrogens (tertiary/aromatic N) is 3. The predicted molar refractivity (Wildman–Crippen MR) is 57.1 cm³/mol. The van der Waals surface area contributed by atoms with Gasteiger partial charge in [0.2, 0.25) is 11.7 Å². The maximum absolute atomic E-state index is 11.4. The van der Waals surface area contributed by atoms with E-state index in [2.05, 4.69) is 15.4 Å². The Labute approximate surface area is 91.9 Å². The summed E-state index contributed by atoms with van der Waals surface area (Å²) in [6.07, 6.45) is 3.59. The molecule has 1 amide bonds. The Bertz CT molecular complexity index is 397. The van der Waals surface area contributed by atoms with Gasteiger partial charge in [-0.05, 0) is 12.8 Å². The van der Waals surface area contributed by atoms with Crippen molar-refractivity contribution in [2.24, 2.45) is 5.73 Å². The highest BCUT2D eigenvalue weighted by atomic mass is 32.1. The quantitative estimate of drug-likeness (QED) is 0.655. The van der Waals surface area contributed by atoms with Crippen molar-refractivity contribution >= 4 is 23.1 Å². The van der Waals surface area contributed by atoms with Gasteiger partial charge in [0, 0.05) is 6.04 Å². The zero-order valence-corrected chi connectivity index (χ0v) is 8.83. The summed E-state index contributed by atoms with van der Waals surface area (Å²) in [6.45, 7) is 0.159. The average molecular weight is 225 g/mol. The van der Waals surface area contributed by atoms with Gasteiger partial charge in [-0.2, -0.15) is 0 Å². The van der Waals surface area contributed by atoms with Gasteiger partial charge in [-0.3, -0.25) is 4.79 Å². The molecule has 0 aliphatic heterocycles. The van der Waals surface area contributed by atoms with Gasteiger partial charge in [0.05, 0.1) is 0 Å². The smallest absolute Gasteiger partial charge is 0.242 e. The van der Waals surface area contributed by atoms with Crippen LogP contribution in [0.15, 0.2) is 6.33 Å². The van der Waals surface area contributed by atoms with Crippen LogP contribution in [0.25, 0.3) is 0 Å². The first kappa shape index (κ1) is 10.0. The lowest BCUT2D eigenvalue weighted by Gasteiger charge is -2.01. The predicted octanol–water partition coefficient (Wildman–Crippen LogP) is -0.809. The first-order valence-electron chi connectivity index (χ1n) is 4.64. The van der Waals surface area contributed by atoms with E-state index in [0.717, 1.165) is 12.8 Å². The molecule has 1 aliphatic carbocycles. The molecule has 1 saturated carbocycles. The lowest BCUT2D eigenvalue weighted by molar-refractivity contribution is -0.122. The van der Waals surface area contributed by atoms with Crippen molar-refractivity contribution in [2.45, 2.75) is 25.4 Å². The van der Waals surface area contributed by atoms with E-state index in [4.69, 9.17) is 18.0 Å². The Morgan fingerprint density at radius 3 is 3.00 bits per heavy atom. The standard InChI is InChI=1S/C8H11N5OS/c9-7(15)8-10-4-13(12-8)3-6(14)11-5-1-2-5/h4-5H,1-3H2,(H2,9,15)(H,11,14). The molecule has 1 aliphatic rings. The number of thiocarbonyl (C=S) groups is 1. The average Bonchev–Trinajstić information content (AvgIpc) is 2.82. The van der Waals surface area contributed by atoms with Crippen LogP contribution in [0.5, 0.6) is 0 Å². The summed E-state index contributed by atoms with van der Waals surface area (Å²) in [6, 6.07) is 0.357. The summed E-state index contributed by atoms with van der Waals surface area (Å²) in [5.41, 5.74) is 5.34. The van der Waals surface area contributed by atoms with Gasteiger partial charge in [-0.25, -0.2) is 9.67 Å². The summed E-state index contributed by atoms with van der Waals surface area (Å²) in [4.78, 5) is 15.4. The summed E-state index contributed by atoms with van der Waals surface area (Å²) in [5, 5.41) is 6.81. The fourth-order valence-corrected chi connectivity index (χ4v) is 1.23. The van der Waals surface area contributed by atoms with Crippen LogP contribution in [-0.2, 0) is 11.3 Å². The number of rotatable bonds is 4. The first-order valence-corrected chi connectivity index (χ1v) is 5.04. The van der Waals surface area contributed by atoms with Crippen molar-refractivity contribution in [1.29, 1.82) is 0 Å². The Balaban J connectivity index is 1.91. The summed E-state index contributed by atoms with van der Waals surface area (Å²) in [5.74, 6) is 0.237. The van der Waals surface area contributed by atoms with E-state index in [1.807, 2.05) is 0 Å². The number of aromatic nitrogens is 3. The third kappa shape index (κ3) is 2.72. The molecule has 1 heterocycles. The normalized spacial score (nSPS) is 14.9. The minimum absolute atomic E-state index is 0.0584. The van der Waals surface area contributed by atoms with Crippen molar-refractivity contribution in [3.8, 4) is 0 Å². The van der Waals surface area contributed by atoms with Crippen LogP contribution >= 0.6 is 12.2 Å². The molecular formula is C8H11N5OS. The fraction of sp³-hybridized carbons (Fsp3) is 0.500. The van der Waals surface area contributed by atoms with Crippen LogP contribution in [0.4, 0.5) is 0 Å². The SMILES string of the molecule is NC(=S)c1ncn(CC(=O)NC2CC2)n1. The van der Waals surface area contributed by atoms with Gasteiger partial charge in [-0.15, -0.1) is 5.10 Å². The lowest BCUT2D eigenvalue weighted by atomic mass is 10.5. The monoisotopic (exact) mass is 225 g/mol. The van der Waals surface area contributed by atoms with Crippen molar-refractivity contribution < 1.29 is 4.79 Å². The van der Waals surface area contributed by atoms with E-state index in [1.54, 1.807) is 0 Å². The first-order chi connectivity index (χ1) is 7.15. The van der Waals surface area contributed by atoms with Gasteiger partial charge >= 0.3 is 0 Å². The van der Waals surface area contributed by atoms with Gasteiger partial charge < -0.3 is 11.1 Å². The molecule has 0 spiro atoms. The van der Waals surface area contributed by atoms with E-state index in [1.165, 1.54) is 11.0 Å². The highest BCUT2D eigenvalue weighted by Gasteiger charge is 2.23. The van der Waals surface area contributed by atoms with E-state index in [-0.39, 0.29) is 17.4 Å². The van der Waals surface area contributed by atoms with Crippen LogP contribution in [0.1, 0.15) is 18.7 Å². The fourth-order valence-electron chi connectivity index (χ4n) is 1.13. The van der Waals surface area contributed by atoms with E-state index in [0.29, 0.717) is 11.9 Å². The Kier molecular flexibility index (Phi) is 2.63. The molecule has 7 heteroatoms. The molecule has 0 saturated heterocycles. The van der Waals surface area contributed by atoms with Crippen LogP contribution in [0.2, 0.25) is 0 Å². The largest absolute Gasteiger partial charge is 0.387 e. The van der Waals surface area contributed by atoms with Crippen molar-refractivity contribution in [1.82, 2.24) is 20.1 Å². The molecular weight excluding hydrogens is 214 g/mol. The number of hydrogen-bond donors (Lipinski definition) is 2. The molecule has 1 fully saturated rings. The number of hydrogen-bond acceptors (Lipinski definition) is 4. The third-order valence-electron chi connectivity index (χ3n) is 2.00. The zero-order valence-electron chi connectivity index (χ0n) is 8.01. The number of amides is 1. The molecule has 2 rings (SSSR count). The number of nitrogens with one attached hydrogen (secondary N) is 1. The molecule has 1 aromatic heterocycles. The van der Waals surface area contributed by atoms with Crippen LogP contribution in [0, 0.1) is 0 Å². The van der Waals surface area contributed by atoms with Gasteiger partial charge in [0.15, 0.2) is 0 Å². The van der Waals surface area contributed by atoms with Crippen molar-refractivity contribution in [3.63, 3.8) is 0 Å². The molecule has 1 aromatic rings. The van der Waals surface area contributed by atoms with Crippen LogP contribution < -0.4 is 11.1 Å². The van der Waals surface area contributed by atoms with Crippen molar-refractivity contribution in [2.75, 3.05) is 0 Å². The minimum atomic E-state index is -0.0584. The molecule has 0 unspecified atom stereocenters. The summed E-state index contributed by atoms with van der Waals surface area (Å²) < 4.78 is 1.42. The Morgan fingerprint density at radius 1 is 1.73 bits per heavy atom. The van der Waals surface area contributed by atoms with E-state index in [9.17, 15) is 4.79 Å². The molecule has 3 N–H and O–H groups in total. The van der Waals surface area contributed by atoms with Gasteiger partial charge in [0.25, 0.3) is 0 Å². The number of carbonyl (C=O) groups is 1. The summed E-state index contributed by atoms with van der Waals surface area (Å²) in [7, 11) is 0. The lowest BCUT2D eigenvalue weighted by Crippen LogP contribution is -2.29. The molecule has 80 valence electrons. The minimum Gasteiger partial charge on any atom is -0.387 e. The molecule has 0 radical (unpaired) electrons. The maximum Gasteiger partial charge on any atom is 0.242 e. The van der Waals surface area contributed by atoms with Gasteiger partial charge in [0.1, 0.15) is 17.9 Å². The Hall–Kier alpha value is -1.50. The molecule has 15 heavy (non-hydrogen) atoms. The van der Waals surface area contributed by atoms with Crippen LogP contribution in [0.3, 0.4) is 0 Å². The Morgan fingerprint density at radius 2 is 2.47 bits per heavy atom. The second-order valence-corrected chi connectivity index (χ2v) is 3.91. The maximum atomic E-state index is 11.4. The molecule has 6 nitrogen and oxygen atoms in total. The number of carbonyl (C=O) groups excluding carboxylic acids is 1. The second kappa shape index (κ2) is 3.93. The van der Waals surface area contributed by atoms with E-state index >= 15 is 0 Å². The number of nitrogens with two attached hydrogens (primary N) is 1. The highest BCUT2D eigenvalue weighted by molar-refractivity contribution is 7.80. The zero-order chi connectivity index (χ0) is 10.8. The van der Waals surface area contributed by atoms with E-state index < -0.39 is 0 Å². The molecule has 0 aromatic carbocycles. The highest BCUT2D eigenvalue weighted by Crippen LogP contribution is 2.18. The second-order valence-electron chi connectivity index (χ2n) is 3.47. The third-order valence-corrected chi connectivity index (χ3v) is 2.19. The molecule has 0 bridgehead atoms. The van der Waals surface area contributed by atoms with Crippen molar-refractivity contribution in [3.05, 3.63) is 12.2 Å². The topological polar surface area (TPSA) is 85.8 Å².